The van der Waals surface area contributed by atoms with Crippen LogP contribution in [0, 0.1) is 11.6 Å². The average Bonchev–Trinajstić information content (AvgIpc) is 3.09. The summed E-state index contributed by atoms with van der Waals surface area (Å²) in [5, 5.41) is -0.365. The molecule has 5 nitrogen and oxygen atoms in total. The Bertz CT molecular complexity index is 1280. The number of carbonyl (C=O) groups excluding carboxylic acids is 2. The highest BCUT2D eigenvalue weighted by Crippen LogP contribution is 2.36. The number of thioether (sulfide) groups is 1. The van der Waals surface area contributed by atoms with E-state index >= 15 is 0 Å². The Labute approximate surface area is 210 Å². The summed E-state index contributed by atoms with van der Waals surface area (Å²) in [4.78, 5) is 26.5. The van der Waals surface area contributed by atoms with E-state index in [1.165, 1.54) is 30.3 Å². The standard InChI is InChI=1S/C26H20ClF2NO4S/c1-2-33-23-12-17(8-11-22(23)34-15-16-6-9-18(28)10-7-16)13-24-25(31)30(26(32)35-24)14-19-20(27)4-3-5-21(19)29/h3-13H,2,14-15H2,1H3/b24-13-. The summed E-state index contributed by atoms with van der Waals surface area (Å²) >= 11 is 6.82. The van der Waals surface area contributed by atoms with Gasteiger partial charge in [0.1, 0.15) is 18.2 Å². The SMILES string of the molecule is CCOc1cc(/C=C2\SC(=O)N(Cc3c(F)cccc3Cl)C2=O)ccc1OCc1ccc(F)cc1. The highest BCUT2D eigenvalue weighted by atomic mass is 35.5. The van der Waals surface area contributed by atoms with Gasteiger partial charge in [-0.05, 0) is 72.3 Å². The lowest BCUT2D eigenvalue weighted by Gasteiger charge is -2.14. The summed E-state index contributed by atoms with van der Waals surface area (Å²) in [7, 11) is 0. The lowest BCUT2D eigenvalue weighted by atomic mass is 10.1. The summed E-state index contributed by atoms with van der Waals surface area (Å²) in [5.41, 5.74) is 1.50. The molecule has 180 valence electrons. The lowest BCUT2D eigenvalue weighted by Crippen LogP contribution is -2.28. The Morgan fingerprint density at radius 3 is 2.49 bits per heavy atom. The number of hydrogen-bond donors (Lipinski definition) is 0. The summed E-state index contributed by atoms with van der Waals surface area (Å²) in [6.45, 7) is 2.18. The van der Waals surface area contributed by atoms with E-state index in [1.807, 2.05) is 6.92 Å². The number of carbonyl (C=O) groups is 2. The first kappa shape index (κ1) is 24.8. The number of hydrogen-bond acceptors (Lipinski definition) is 5. The molecule has 0 spiro atoms. The monoisotopic (exact) mass is 515 g/mol. The van der Waals surface area contributed by atoms with Gasteiger partial charge < -0.3 is 9.47 Å². The molecule has 1 aliphatic heterocycles. The molecule has 0 aromatic heterocycles. The van der Waals surface area contributed by atoms with Crippen LogP contribution in [0.5, 0.6) is 11.5 Å². The minimum atomic E-state index is -0.585. The normalized spacial score (nSPS) is 14.6. The summed E-state index contributed by atoms with van der Waals surface area (Å²) < 4.78 is 38.8. The van der Waals surface area contributed by atoms with Gasteiger partial charge in [-0.1, -0.05) is 35.9 Å². The minimum Gasteiger partial charge on any atom is -0.490 e. The summed E-state index contributed by atoms with van der Waals surface area (Å²) in [6.07, 6.45) is 1.57. The molecule has 1 aliphatic rings. The average molecular weight is 516 g/mol. The van der Waals surface area contributed by atoms with E-state index in [0.29, 0.717) is 23.7 Å². The van der Waals surface area contributed by atoms with E-state index in [0.717, 1.165) is 22.2 Å². The zero-order chi connectivity index (χ0) is 24.9. The summed E-state index contributed by atoms with van der Waals surface area (Å²) in [6, 6.07) is 15.3. The lowest BCUT2D eigenvalue weighted by molar-refractivity contribution is -0.123. The van der Waals surface area contributed by atoms with Crippen molar-refractivity contribution in [1.82, 2.24) is 4.90 Å². The third-order valence-corrected chi connectivity index (χ3v) is 6.39. The van der Waals surface area contributed by atoms with E-state index in [9.17, 15) is 18.4 Å². The molecule has 1 saturated heterocycles. The second kappa shape index (κ2) is 10.9. The fourth-order valence-electron chi connectivity index (χ4n) is 3.37. The van der Waals surface area contributed by atoms with Crippen molar-refractivity contribution >= 4 is 40.6 Å². The van der Waals surface area contributed by atoms with Gasteiger partial charge in [0.05, 0.1) is 18.1 Å². The van der Waals surface area contributed by atoms with Gasteiger partial charge in [0.25, 0.3) is 11.1 Å². The van der Waals surface area contributed by atoms with E-state index in [2.05, 4.69) is 0 Å². The Morgan fingerprint density at radius 2 is 1.77 bits per heavy atom. The Hall–Kier alpha value is -3.36. The van der Waals surface area contributed by atoms with E-state index in [1.54, 1.807) is 36.4 Å². The first-order chi connectivity index (χ1) is 16.9. The third kappa shape index (κ3) is 5.83. The van der Waals surface area contributed by atoms with Gasteiger partial charge in [-0.2, -0.15) is 0 Å². The van der Waals surface area contributed by atoms with Gasteiger partial charge in [-0.15, -0.1) is 0 Å². The van der Waals surface area contributed by atoms with Gasteiger partial charge in [-0.3, -0.25) is 14.5 Å². The van der Waals surface area contributed by atoms with Gasteiger partial charge >= 0.3 is 0 Å². The van der Waals surface area contributed by atoms with E-state index in [4.69, 9.17) is 21.1 Å². The molecule has 4 rings (SSSR count). The van der Waals surface area contributed by atoms with Crippen LogP contribution in [0.1, 0.15) is 23.6 Å². The van der Waals surface area contributed by atoms with Crippen LogP contribution in [0.15, 0.2) is 65.6 Å². The van der Waals surface area contributed by atoms with Crippen molar-refractivity contribution in [2.24, 2.45) is 0 Å². The fourth-order valence-corrected chi connectivity index (χ4v) is 4.43. The quantitative estimate of drug-likeness (QED) is 0.308. The number of rotatable bonds is 8. The molecule has 35 heavy (non-hydrogen) atoms. The maximum atomic E-state index is 14.1. The number of ether oxygens (including phenoxy) is 2. The first-order valence-electron chi connectivity index (χ1n) is 10.7. The van der Waals surface area contributed by atoms with Gasteiger partial charge in [0.2, 0.25) is 0 Å². The molecule has 3 aromatic rings. The molecule has 1 fully saturated rings. The molecule has 0 aliphatic carbocycles. The molecule has 0 radical (unpaired) electrons. The number of imide groups is 1. The van der Waals surface area contributed by atoms with Crippen LogP contribution in [0.25, 0.3) is 6.08 Å². The molecule has 9 heteroatoms. The van der Waals surface area contributed by atoms with Crippen molar-refractivity contribution in [2.75, 3.05) is 6.61 Å². The first-order valence-corrected chi connectivity index (χ1v) is 11.9. The zero-order valence-electron chi connectivity index (χ0n) is 18.6. The van der Waals surface area contributed by atoms with Crippen LogP contribution in [0.3, 0.4) is 0 Å². The van der Waals surface area contributed by atoms with Crippen molar-refractivity contribution in [3.8, 4) is 11.5 Å². The van der Waals surface area contributed by atoms with Crippen LogP contribution in [-0.2, 0) is 17.9 Å². The number of nitrogens with zero attached hydrogens (tertiary/aromatic N) is 1. The molecular weight excluding hydrogens is 496 g/mol. The molecule has 3 aromatic carbocycles. The van der Waals surface area contributed by atoms with Crippen molar-refractivity contribution in [3.05, 3.63) is 98.9 Å². The number of benzene rings is 3. The highest BCUT2D eigenvalue weighted by Gasteiger charge is 2.36. The van der Waals surface area contributed by atoms with Crippen LogP contribution in [0.4, 0.5) is 13.6 Å². The fraction of sp³-hybridized carbons (Fsp3) is 0.154. The zero-order valence-corrected chi connectivity index (χ0v) is 20.2. The Balaban J connectivity index is 1.52. The molecule has 0 atom stereocenters. The Morgan fingerprint density at radius 1 is 1.00 bits per heavy atom. The van der Waals surface area contributed by atoms with E-state index < -0.39 is 17.0 Å². The maximum Gasteiger partial charge on any atom is 0.293 e. The summed E-state index contributed by atoms with van der Waals surface area (Å²) in [5.74, 6) is -0.502. The highest BCUT2D eigenvalue weighted by molar-refractivity contribution is 8.18. The largest absolute Gasteiger partial charge is 0.490 e. The van der Waals surface area contributed by atoms with Crippen molar-refractivity contribution in [3.63, 3.8) is 0 Å². The Kier molecular flexibility index (Phi) is 7.73. The molecule has 2 amide bonds. The minimum absolute atomic E-state index is 0.0824. The van der Waals surface area contributed by atoms with Gasteiger partial charge in [-0.25, -0.2) is 8.78 Å². The van der Waals surface area contributed by atoms with E-state index in [-0.39, 0.29) is 34.5 Å². The van der Waals surface area contributed by atoms with Crippen molar-refractivity contribution < 1.29 is 27.8 Å². The number of amides is 2. The number of halogens is 3. The molecule has 0 saturated carbocycles. The van der Waals surface area contributed by atoms with Crippen molar-refractivity contribution in [2.45, 2.75) is 20.1 Å². The van der Waals surface area contributed by atoms with Crippen LogP contribution in [-0.4, -0.2) is 22.7 Å². The molecule has 0 bridgehead atoms. The predicted molar refractivity (Wildman–Crippen MR) is 131 cm³/mol. The van der Waals surface area contributed by atoms with Gasteiger partial charge in [0, 0.05) is 10.6 Å². The third-order valence-electron chi connectivity index (χ3n) is 5.12. The van der Waals surface area contributed by atoms with Crippen LogP contribution < -0.4 is 9.47 Å². The maximum absolute atomic E-state index is 14.1. The molecule has 0 N–H and O–H groups in total. The second-order valence-corrected chi connectivity index (χ2v) is 8.92. The van der Waals surface area contributed by atoms with Crippen molar-refractivity contribution in [1.29, 1.82) is 0 Å². The smallest absolute Gasteiger partial charge is 0.293 e. The van der Waals surface area contributed by atoms with Crippen LogP contribution in [0.2, 0.25) is 5.02 Å². The molecular formula is C26H20ClF2NO4S. The predicted octanol–water partition coefficient (Wildman–Crippen LogP) is 6.83. The second-order valence-electron chi connectivity index (χ2n) is 7.52. The van der Waals surface area contributed by atoms with Gasteiger partial charge in [0.15, 0.2) is 11.5 Å². The molecule has 0 unspecified atom stereocenters. The van der Waals surface area contributed by atoms with Crippen LogP contribution >= 0.6 is 23.4 Å². The molecule has 1 heterocycles. The topological polar surface area (TPSA) is 55.8 Å².